The molecule has 0 spiro atoms. The zero-order chi connectivity index (χ0) is 29.3. The van der Waals surface area contributed by atoms with Crippen LogP contribution in [0.1, 0.15) is 22.3 Å². The molecule has 2 fully saturated rings. The maximum absolute atomic E-state index is 3.42. The number of anilines is 2. The van der Waals surface area contributed by atoms with E-state index in [0.717, 1.165) is 52.4 Å². The fourth-order valence-electron chi connectivity index (χ4n) is 5.49. The predicted molar refractivity (Wildman–Crippen MR) is 207 cm³/mol. The molecule has 5 nitrogen and oxygen atoms in total. The van der Waals surface area contributed by atoms with E-state index in [0.29, 0.717) is 0 Å². The van der Waals surface area contributed by atoms with E-state index in [4.69, 9.17) is 0 Å². The van der Waals surface area contributed by atoms with Crippen LogP contribution in [-0.2, 0) is 0 Å². The van der Waals surface area contributed by atoms with Gasteiger partial charge in [-0.15, -0.1) is 34.0 Å². The van der Waals surface area contributed by atoms with Crippen molar-refractivity contribution >= 4 is 68.9 Å². The molecular weight excluding hydrogens is 728 g/mol. The molecule has 2 heterocycles. The van der Waals surface area contributed by atoms with Crippen molar-refractivity contribution in [1.29, 1.82) is 0 Å². The number of nitrogens with one attached hydrogen (secondary N) is 2. The van der Waals surface area contributed by atoms with Gasteiger partial charge in [0.15, 0.2) is 0 Å². The highest BCUT2D eigenvalue weighted by Crippen LogP contribution is 2.38. The van der Waals surface area contributed by atoms with E-state index in [1.165, 1.54) is 53.2 Å². The van der Waals surface area contributed by atoms with Gasteiger partial charge in [-0.2, -0.15) is 0 Å². The Balaban J connectivity index is 0.000000294. The van der Waals surface area contributed by atoms with Crippen molar-refractivity contribution in [3.8, 4) is 0 Å². The maximum atomic E-state index is 3.42. The van der Waals surface area contributed by atoms with Gasteiger partial charge < -0.3 is 25.9 Å². The molecule has 4 aromatic rings. The SMILES string of the molecule is Br.Br.Cc1ccc(Sc2ccccc2N2CCNCC2)c(C)c1.Cc1ccc(Sc2ccccc2N2CCNCC2)c(C)c1.O. The van der Waals surface area contributed by atoms with Crippen LogP contribution < -0.4 is 20.4 Å². The molecule has 4 aromatic carbocycles. The molecule has 0 atom stereocenters. The highest BCUT2D eigenvalue weighted by molar-refractivity contribution is 8.93. The third-order valence-corrected chi connectivity index (χ3v) is 10.2. The topological polar surface area (TPSA) is 62.0 Å². The van der Waals surface area contributed by atoms with Crippen molar-refractivity contribution < 1.29 is 5.48 Å². The fraction of sp³-hybridized carbons (Fsp3) is 0.333. The molecule has 45 heavy (non-hydrogen) atoms. The molecule has 244 valence electrons. The fourth-order valence-corrected chi connectivity index (χ4v) is 7.57. The van der Waals surface area contributed by atoms with Crippen molar-refractivity contribution in [1.82, 2.24) is 10.6 Å². The van der Waals surface area contributed by atoms with Crippen LogP contribution in [0.3, 0.4) is 0 Å². The van der Waals surface area contributed by atoms with Crippen molar-refractivity contribution in [2.45, 2.75) is 47.3 Å². The first-order valence-electron chi connectivity index (χ1n) is 15.1. The largest absolute Gasteiger partial charge is 0.412 e. The van der Waals surface area contributed by atoms with Crippen molar-refractivity contribution in [3.63, 3.8) is 0 Å². The van der Waals surface area contributed by atoms with E-state index >= 15 is 0 Å². The summed E-state index contributed by atoms with van der Waals surface area (Å²) in [5.74, 6) is 0. The Hall–Kier alpha value is -1.98. The molecule has 4 N–H and O–H groups in total. The molecule has 0 bridgehead atoms. The minimum Gasteiger partial charge on any atom is -0.412 e. The van der Waals surface area contributed by atoms with E-state index in [-0.39, 0.29) is 39.4 Å². The van der Waals surface area contributed by atoms with E-state index in [1.807, 2.05) is 23.5 Å². The first-order valence-corrected chi connectivity index (χ1v) is 16.7. The van der Waals surface area contributed by atoms with Crippen LogP contribution in [0.4, 0.5) is 11.4 Å². The number of para-hydroxylation sites is 2. The number of nitrogens with zero attached hydrogens (tertiary/aromatic N) is 2. The Morgan fingerprint density at radius 2 is 0.844 bits per heavy atom. The molecule has 2 aliphatic heterocycles. The number of benzene rings is 4. The Morgan fingerprint density at radius 3 is 1.20 bits per heavy atom. The maximum Gasteiger partial charge on any atom is 0.0508 e. The summed E-state index contributed by atoms with van der Waals surface area (Å²) in [6.45, 7) is 17.3. The number of halogens is 2. The van der Waals surface area contributed by atoms with Gasteiger partial charge in [-0.25, -0.2) is 0 Å². The van der Waals surface area contributed by atoms with Gasteiger partial charge in [-0.1, -0.05) is 83.2 Å². The quantitative estimate of drug-likeness (QED) is 0.207. The minimum atomic E-state index is 0. The lowest BCUT2D eigenvalue weighted by atomic mass is 10.2. The lowest BCUT2D eigenvalue weighted by Crippen LogP contribution is -2.43. The number of rotatable bonds is 6. The van der Waals surface area contributed by atoms with Crippen LogP contribution in [0, 0.1) is 27.7 Å². The summed E-state index contributed by atoms with van der Waals surface area (Å²) in [7, 11) is 0. The van der Waals surface area contributed by atoms with Crippen LogP contribution in [-0.4, -0.2) is 57.8 Å². The molecule has 6 rings (SSSR count). The molecular formula is C36H48Br2N4OS2. The van der Waals surface area contributed by atoms with E-state index in [9.17, 15) is 0 Å². The number of aryl methyl sites for hydroxylation is 4. The predicted octanol–water partition coefficient (Wildman–Crippen LogP) is 8.06. The van der Waals surface area contributed by atoms with Gasteiger partial charge in [0.05, 0.1) is 11.4 Å². The molecule has 0 radical (unpaired) electrons. The van der Waals surface area contributed by atoms with Crippen molar-refractivity contribution in [2.75, 3.05) is 62.2 Å². The van der Waals surface area contributed by atoms with Crippen LogP contribution in [0.2, 0.25) is 0 Å². The Bertz CT molecular complexity index is 1370. The second-order valence-corrected chi connectivity index (χ2v) is 13.3. The van der Waals surface area contributed by atoms with Crippen molar-refractivity contribution in [3.05, 3.63) is 107 Å². The third kappa shape index (κ3) is 11.1. The van der Waals surface area contributed by atoms with Crippen molar-refractivity contribution in [2.24, 2.45) is 0 Å². The smallest absolute Gasteiger partial charge is 0.0508 e. The molecule has 0 amide bonds. The lowest BCUT2D eigenvalue weighted by molar-refractivity contribution is 0.587. The number of hydrogen-bond donors (Lipinski definition) is 2. The normalized spacial score (nSPS) is 14.2. The standard InChI is InChI=1S/2C18H22N2S.2BrH.H2O/c2*1-14-7-8-17(15(2)13-14)21-18-6-4-3-5-16(18)20-11-9-19-10-12-20;;;/h2*3-8,13,19H,9-12H2,1-2H3;2*1H;1H2. The molecule has 0 saturated carbocycles. The zero-order valence-corrected chi connectivity index (χ0v) is 31.8. The summed E-state index contributed by atoms with van der Waals surface area (Å²) in [5.41, 5.74) is 8.10. The first-order chi connectivity index (χ1) is 20.5. The van der Waals surface area contributed by atoms with Crippen LogP contribution >= 0.6 is 57.5 Å². The van der Waals surface area contributed by atoms with Crippen LogP contribution in [0.25, 0.3) is 0 Å². The van der Waals surface area contributed by atoms with Gasteiger partial charge in [0, 0.05) is 71.9 Å². The average Bonchev–Trinajstić information content (AvgIpc) is 3.02. The summed E-state index contributed by atoms with van der Waals surface area (Å²) in [6, 6.07) is 30.9. The second-order valence-electron chi connectivity index (χ2n) is 11.2. The Kier molecular flexibility index (Phi) is 17.1. The first kappa shape index (κ1) is 39.2. The second kappa shape index (κ2) is 19.6. The van der Waals surface area contributed by atoms with Crippen LogP contribution in [0.5, 0.6) is 0 Å². The lowest BCUT2D eigenvalue weighted by Gasteiger charge is -2.31. The Morgan fingerprint density at radius 1 is 0.489 bits per heavy atom. The minimum absolute atomic E-state index is 0. The summed E-state index contributed by atoms with van der Waals surface area (Å²) < 4.78 is 0. The highest BCUT2D eigenvalue weighted by atomic mass is 79.9. The highest BCUT2D eigenvalue weighted by Gasteiger charge is 2.16. The van der Waals surface area contributed by atoms with Gasteiger partial charge in [0.25, 0.3) is 0 Å². The number of hydrogen-bond acceptors (Lipinski definition) is 6. The summed E-state index contributed by atoms with van der Waals surface area (Å²) in [4.78, 5) is 10.4. The monoisotopic (exact) mass is 774 g/mol. The van der Waals surface area contributed by atoms with E-state index in [2.05, 4.69) is 133 Å². The molecule has 2 aliphatic rings. The van der Waals surface area contributed by atoms with Gasteiger partial charge >= 0.3 is 0 Å². The van der Waals surface area contributed by atoms with E-state index in [1.54, 1.807) is 0 Å². The van der Waals surface area contributed by atoms with E-state index < -0.39 is 0 Å². The molecule has 0 aliphatic carbocycles. The molecule has 2 saturated heterocycles. The molecule has 0 unspecified atom stereocenters. The molecule has 0 aromatic heterocycles. The number of piperazine rings is 2. The summed E-state index contributed by atoms with van der Waals surface area (Å²) in [6.07, 6.45) is 0. The zero-order valence-electron chi connectivity index (χ0n) is 26.8. The summed E-state index contributed by atoms with van der Waals surface area (Å²) in [5, 5.41) is 6.84. The van der Waals surface area contributed by atoms with Gasteiger partial charge in [0.1, 0.15) is 0 Å². The van der Waals surface area contributed by atoms with Gasteiger partial charge in [-0.3, -0.25) is 0 Å². The Labute approximate surface area is 299 Å². The summed E-state index contributed by atoms with van der Waals surface area (Å²) >= 11 is 3.76. The third-order valence-electron chi connectivity index (χ3n) is 7.75. The van der Waals surface area contributed by atoms with Gasteiger partial charge in [0.2, 0.25) is 0 Å². The van der Waals surface area contributed by atoms with Crippen LogP contribution in [0.15, 0.2) is 105 Å². The molecule has 9 heteroatoms. The van der Waals surface area contributed by atoms with Gasteiger partial charge in [-0.05, 0) is 75.2 Å². The average molecular weight is 777 g/mol.